The van der Waals surface area contributed by atoms with Crippen molar-refractivity contribution in [1.29, 1.82) is 0 Å². The zero-order valence-corrected chi connectivity index (χ0v) is 11.0. The van der Waals surface area contributed by atoms with E-state index in [0.29, 0.717) is 5.82 Å². The molecule has 5 nitrogen and oxygen atoms in total. The van der Waals surface area contributed by atoms with Crippen molar-refractivity contribution < 1.29 is 14.6 Å². The van der Waals surface area contributed by atoms with Gasteiger partial charge < -0.3 is 20.9 Å². The van der Waals surface area contributed by atoms with Crippen molar-refractivity contribution in [2.24, 2.45) is 5.73 Å². The number of carbonyl (C=O) groups is 1. The summed E-state index contributed by atoms with van der Waals surface area (Å²) in [4.78, 5) is 12.2. The molecule has 102 valence electrons. The van der Waals surface area contributed by atoms with E-state index < -0.39 is 5.41 Å². The number of allylic oxidation sites excluding steroid dienone is 1. The molecule has 1 aliphatic carbocycles. The van der Waals surface area contributed by atoms with Gasteiger partial charge in [0.1, 0.15) is 5.75 Å². The van der Waals surface area contributed by atoms with E-state index in [-0.39, 0.29) is 17.4 Å². The van der Waals surface area contributed by atoms with Crippen molar-refractivity contribution in [3.63, 3.8) is 0 Å². The molecule has 1 fully saturated rings. The van der Waals surface area contributed by atoms with Gasteiger partial charge >= 0.3 is 0 Å². The Hall–Kier alpha value is -2.17. The van der Waals surface area contributed by atoms with Gasteiger partial charge in [0.25, 0.3) is 0 Å². The number of rotatable bonds is 4. The maximum atomic E-state index is 12.2. The average Bonchev–Trinajstić information content (AvgIpc) is 3.20. The number of carbonyl (C=O) groups excluding carboxylic acids is 1. The van der Waals surface area contributed by atoms with Gasteiger partial charge in [-0.25, -0.2) is 0 Å². The van der Waals surface area contributed by atoms with Crippen LogP contribution in [0, 0.1) is 0 Å². The first kappa shape index (κ1) is 13.3. The van der Waals surface area contributed by atoms with E-state index in [1.54, 1.807) is 25.1 Å². The average molecular weight is 261 g/mol. The number of hydrogen-bond acceptors (Lipinski definition) is 4. The van der Waals surface area contributed by atoms with Crippen molar-refractivity contribution in [3.8, 4) is 11.5 Å². The van der Waals surface area contributed by atoms with Crippen LogP contribution in [0.15, 0.2) is 30.1 Å². The molecule has 3 N–H and O–H groups in total. The Kier molecular flexibility index (Phi) is 3.38. The monoisotopic (exact) mass is 261 g/mol. The third-order valence-corrected chi connectivity index (χ3v) is 3.47. The number of hydrogen-bond donors (Lipinski definition) is 2. The fourth-order valence-electron chi connectivity index (χ4n) is 2.06. The number of nitrogens with one attached hydrogen (secondary N) is 1. The predicted molar refractivity (Wildman–Crippen MR) is 69.4 cm³/mol. The lowest BCUT2D eigenvalue weighted by Crippen LogP contribution is -2.36. The fourth-order valence-corrected chi connectivity index (χ4v) is 2.06. The molecule has 0 saturated heterocycles. The van der Waals surface area contributed by atoms with Gasteiger partial charge in [0.05, 0.1) is 18.3 Å². The van der Waals surface area contributed by atoms with Gasteiger partial charge in [-0.15, -0.1) is 0 Å². The fraction of sp³-hybridized carbons (Fsp3) is 0.357. The van der Waals surface area contributed by atoms with Crippen molar-refractivity contribution in [2.45, 2.75) is 25.2 Å². The van der Waals surface area contributed by atoms with Crippen molar-refractivity contribution in [1.82, 2.24) is 5.32 Å². The summed E-state index contributed by atoms with van der Waals surface area (Å²) in [7, 11) is 1.44. The van der Waals surface area contributed by atoms with Crippen LogP contribution in [-0.4, -0.2) is 13.0 Å². The minimum atomic E-state index is -0.575. The van der Waals surface area contributed by atoms with Crippen LogP contribution in [0.3, 0.4) is 0 Å². The summed E-state index contributed by atoms with van der Waals surface area (Å²) in [5, 5.41) is 14.2. The molecular formula is C14H17N2O3-. The van der Waals surface area contributed by atoms with Crippen LogP contribution in [0.5, 0.6) is 11.5 Å². The molecule has 1 amide bonds. The van der Waals surface area contributed by atoms with Gasteiger partial charge in [-0.05, 0) is 37.5 Å². The molecule has 2 rings (SSSR count). The molecule has 0 atom stereocenters. The van der Waals surface area contributed by atoms with Crippen molar-refractivity contribution in [2.75, 3.05) is 7.11 Å². The van der Waals surface area contributed by atoms with Gasteiger partial charge in [-0.1, -0.05) is 17.9 Å². The summed E-state index contributed by atoms with van der Waals surface area (Å²) < 4.78 is 5.01. The maximum absolute atomic E-state index is 12.2. The number of benzene rings is 1. The van der Waals surface area contributed by atoms with E-state index >= 15 is 0 Å². The number of nitrogens with two attached hydrogens (primary N) is 1. The third kappa shape index (κ3) is 2.36. The molecule has 0 spiro atoms. The lowest BCUT2D eigenvalue weighted by molar-refractivity contribution is -0.270. The molecule has 19 heavy (non-hydrogen) atoms. The highest BCUT2D eigenvalue weighted by Crippen LogP contribution is 2.49. The first-order chi connectivity index (χ1) is 9.03. The Morgan fingerprint density at radius 1 is 1.53 bits per heavy atom. The minimum Gasteiger partial charge on any atom is -0.870 e. The van der Waals surface area contributed by atoms with Crippen LogP contribution in [-0.2, 0) is 10.2 Å². The van der Waals surface area contributed by atoms with Crippen molar-refractivity contribution in [3.05, 3.63) is 35.7 Å². The molecule has 1 aliphatic rings. The second-order valence-electron chi connectivity index (χ2n) is 4.65. The van der Waals surface area contributed by atoms with Crippen LogP contribution >= 0.6 is 0 Å². The molecule has 0 aromatic heterocycles. The Bertz CT molecular complexity index is 533. The highest BCUT2D eigenvalue weighted by molar-refractivity contribution is 5.92. The van der Waals surface area contributed by atoms with Gasteiger partial charge in [-0.3, -0.25) is 4.79 Å². The first-order valence-electron chi connectivity index (χ1n) is 6.12. The second-order valence-corrected chi connectivity index (χ2v) is 4.65. The maximum Gasteiger partial charge on any atom is 0.236 e. The summed E-state index contributed by atoms with van der Waals surface area (Å²) in [6.07, 6.45) is 3.13. The smallest absolute Gasteiger partial charge is 0.236 e. The molecule has 5 heteroatoms. The zero-order valence-electron chi connectivity index (χ0n) is 11.0. The lowest BCUT2D eigenvalue weighted by Gasteiger charge is -2.19. The molecule has 0 aliphatic heterocycles. The molecule has 1 aromatic carbocycles. The zero-order chi connectivity index (χ0) is 14.0. The second kappa shape index (κ2) is 4.84. The topological polar surface area (TPSA) is 87.4 Å². The van der Waals surface area contributed by atoms with Crippen LogP contribution in [0.4, 0.5) is 0 Å². The highest BCUT2D eigenvalue weighted by Gasteiger charge is 2.51. The third-order valence-electron chi connectivity index (χ3n) is 3.47. The summed E-state index contributed by atoms with van der Waals surface area (Å²) in [5.41, 5.74) is 5.83. The highest BCUT2D eigenvalue weighted by atomic mass is 16.5. The Balaban J connectivity index is 2.28. The van der Waals surface area contributed by atoms with E-state index in [9.17, 15) is 9.90 Å². The molecule has 0 radical (unpaired) electrons. The molecule has 1 aromatic rings. The van der Waals surface area contributed by atoms with Crippen LogP contribution < -0.4 is 20.9 Å². The molecule has 1 saturated carbocycles. The quantitative estimate of drug-likeness (QED) is 0.836. The Morgan fingerprint density at radius 3 is 2.74 bits per heavy atom. The predicted octanol–water partition coefficient (Wildman–Crippen LogP) is 0.737. The molecule has 0 bridgehead atoms. The van der Waals surface area contributed by atoms with Crippen molar-refractivity contribution >= 4 is 5.91 Å². The largest absolute Gasteiger partial charge is 0.870 e. The number of ether oxygens (including phenoxy) is 1. The number of methoxy groups -OCH3 is 1. The van der Waals surface area contributed by atoms with E-state index in [0.717, 1.165) is 18.4 Å². The minimum absolute atomic E-state index is 0.135. The van der Waals surface area contributed by atoms with Crippen LogP contribution in [0.2, 0.25) is 0 Å². The summed E-state index contributed by atoms with van der Waals surface area (Å²) in [5.74, 6) is 0.276. The van der Waals surface area contributed by atoms with Crippen LogP contribution in [0.25, 0.3) is 0 Å². The Labute approximate surface area is 112 Å². The summed E-state index contributed by atoms with van der Waals surface area (Å²) in [6.45, 7) is 1.75. The first-order valence-corrected chi connectivity index (χ1v) is 6.12. The molecule has 0 unspecified atom stereocenters. The van der Waals surface area contributed by atoms with Gasteiger partial charge in [0.15, 0.2) is 0 Å². The van der Waals surface area contributed by atoms with E-state index in [1.807, 2.05) is 0 Å². The Morgan fingerprint density at radius 2 is 2.21 bits per heavy atom. The van der Waals surface area contributed by atoms with E-state index in [1.165, 1.54) is 13.2 Å². The number of amides is 1. The SMILES string of the molecule is C/C=C(\N)NC(=O)C1(c2ccc([O-])c(OC)c2)CC1. The van der Waals surface area contributed by atoms with E-state index in [4.69, 9.17) is 10.5 Å². The standard InChI is InChI=1S/C14H18N2O3/c1-3-12(15)16-13(18)14(6-7-14)9-4-5-10(17)11(8-9)19-2/h3-5,8,17H,6-7,15H2,1-2H3,(H,16,18)/p-1/b12-3+. The lowest BCUT2D eigenvalue weighted by atomic mass is 9.94. The van der Waals surface area contributed by atoms with Gasteiger partial charge in [-0.2, -0.15) is 0 Å². The summed E-state index contributed by atoms with van der Waals surface area (Å²) >= 11 is 0. The van der Waals surface area contributed by atoms with Crippen LogP contribution in [0.1, 0.15) is 25.3 Å². The molecule has 0 heterocycles. The normalized spacial score (nSPS) is 16.8. The summed E-state index contributed by atoms with van der Waals surface area (Å²) in [6, 6.07) is 4.75. The van der Waals surface area contributed by atoms with Gasteiger partial charge in [0.2, 0.25) is 5.91 Å². The molecular weight excluding hydrogens is 244 g/mol. The van der Waals surface area contributed by atoms with Gasteiger partial charge in [0, 0.05) is 0 Å². The van der Waals surface area contributed by atoms with E-state index in [2.05, 4.69) is 5.32 Å².